The van der Waals surface area contributed by atoms with Gasteiger partial charge in [-0.3, -0.25) is 19.5 Å². The van der Waals surface area contributed by atoms with Crippen molar-refractivity contribution in [1.82, 2.24) is 19.5 Å². The van der Waals surface area contributed by atoms with Gasteiger partial charge in [-0.15, -0.1) is 0 Å². The molecule has 6 heteroatoms. The molecule has 0 amide bonds. The predicted molar refractivity (Wildman–Crippen MR) is 95.0 cm³/mol. The molecular formula is C16H24N4P2. The van der Waals surface area contributed by atoms with Crippen molar-refractivity contribution in [2.75, 3.05) is 26.2 Å². The van der Waals surface area contributed by atoms with E-state index in [2.05, 4.69) is 43.8 Å². The summed E-state index contributed by atoms with van der Waals surface area (Å²) in [5.74, 6) is 0. The van der Waals surface area contributed by atoms with Crippen LogP contribution in [0.15, 0.2) is 24.3 Å². The molecule has 0 aliphatic carbocycles. The summed E-state index contributed by atoms with van der Waals surface area (Å²) in [7, 11) is -0.605. The Morgan fingerprint density at radius 3 is 1.82 bits per heavy atom. The summed E-state index contributed by atoms with van der Waals surface area (Å²) in [6.07, 6.45) is 5.54. The molecule has 4 heterocycles. The SMILES string of the molecule is c1ccc(P2NCC3CCCN32)c(P2NCC3CCCN32)c1. The highest BCUT2D eigenvalue weighted by atomic mass is 31.1. The normalized spacial score (nSPS) is 38.5. The maximum atomic E-state index is 3.85. The first-order chi connectivity index (χ1) is 10.9. The average molecular weight is 334 g/mol. The summed E-state index contributed by atoms with van der Waals surface area (Å²) >= 11 is 0. The van der Waals surface area contributed by atoms with Crippen LogP contribution in [-0.2, 0) is 0 Å². The first-order valence-electron chi connectivity index (χ1n) is 8.61. The van der Waals surface area contributed by atoms with Gasteiger partial charge in [0.05, 0.1) is 16.4 Å². The van der Waals surface area contributed by atoms with Crippen LogP contribution in [0.2, 0.25) is 0 Å². The maximum Gasteiger partial charge on any atom is 0.0707 e. The molecule has 5 rings (SSSR count). The quantitative estimate of drug-likeness (QED) is 0.806. The second kappa shape index (κ2) is 5.77. The van der Waals surface area contributed by atoms with Gasteiger partial charge in [-0.25, -0.2) is 0 Å². The van der Waals surface area contributed by atoms with E-state index >= 15 is 0 Å². The summed E-state index contributed by atoms with van der Waals surface area (Å²) in [6.45, 7) is 4.96. The van der Waals surface area contributed by atoms with Gasteiger partial charge in [-0.1, -0.05) is 24.3 Å². The van der Waals surface area contributed by atoms with Gasteiger partial charge < -0.3 is 0 Å². The standard InChI is InChI=1S/C16H24N4P2/c1-2-8-16(22-18-12-14-6-4-10-20(14)22)15(7-1)21-17-11-13-5-3-9-19(13)21/h1-2,7-8,13-14,17-18H,3-6,9-12H2. The number of nitrogens with one attached hydrogen (secondary N) is 2. The highest BCUT2D eigenvalue weighted by Crippen LogP contribution is 2.50. The minimum Gasteiger partial charge on any atom is -0.278 e. The molecule has 4 atom stereocenters. The Morgan fingerprint density at radius 2 is 1.32 bits per heavy atom. The molecule has 4 fully saturated rings. The third-order valence-corrected chi connectivity index (χ3v) is 10.4. The zero-order chi connectivity index (χ0) is 14.5. The highest BCUT2D eigenvalue weighted by Gasteiger charge is 2.42. The molecule has 118 valence electrons. The van der Waals surface area contributed by atoms with E-state index in [1.807, 2.05) is 0 Å². The number of benzene rings is 1. The first kappa shape index (κ1) is 14.3. The van der Waals surface area contributed by atoms with E-state index in [0.29, 0.717) is 0 Å². The van der Waals surface area contributed by atoms with Crippen LogP contribution in [0.4, 0.5) is 0 Å². The Hall–Kier alpha value is -0.0800. The minimum absolute atomic E-state index is 0.303. The number of nitrogens with zero attached hydrogens (tertiary/aromatic N) is 2. The zero-order valence-electron chi connectivity index (χ0n) is 12.9. The fraction of sp³-hybridized carbons (Fsp3) is 0.625. The molecule has 1 aromatic rings. The molecule has 4 saturated heterocycles. The van der Waals surface area contributed by atoms with Gasteiger partial charge in [0.15, 0.2) is 0 Å². The summed E-state index contributed by atoms with van der Waals surface area (Å²) < 4.78 is 5.53. The lowest BCUT2D eigenvalue weighted by Gasteiger charge is -2.29. The van der Waals surface area contributed by atoms with Crippen molar-refractivity contribution in [1.29, 1.82) is 0 Å². The highest BCUT2D eigenvalue weighted by molar-refractivity contribution is 7.68. The van der Waals surface area contributed by atoms with Crippen molar-refractivity contribution in [2.45, 2.75) is 37.8 Å². The van der Waals surface area contributed by atoms with Crippen LogP contribution in [0.5, 0.6) is 0 Å². The molecule has 0 bridgehead atoms. The summed E-state index contributed by atoms with van der Waals surface area (Å²) in [6, 6.07) is 10.8. The molecule has 4 unspecified atom stereocenters. The molecular weight excluding hydrogens is 310 g/mol. The van der Waals surface area contributed by atoms with Gasteiger partial charge in [0.2, 0.25) is 0 Å². The molecule has 4 aliphatic rings. The fourth-order valence-electron chi connectivity index (χ4n) is 4.42. The Bertz CT molecular complexity index is 520. The maximum absolute atomic E-state index is 3.85. The van der Waals surface area contributed by atoms with Crippen molar-refractivity contribution >= 4 is 27.1 Å². The lowest BCUT2D eigenvalue weighted by Crippen LogP contribution is -2.34. The van der Waals surface area contributed by atoms with Crippen molar-refractivity contribution < 1.29 is 0 Å². The Morgan fingerprint density at radius 1 is 0.818 bits per heavy atom. The van der Waals surface area contributed by atoms with Crippen LogP contribution in [0.3, 0.4) is 0 Å². The third kappa shape index (κ3) is 2.20. The third-order valence-electron chi connectivity index (χ3n) is 5.50. The number of hydrogen-bond acceptors (Lipinski definition) is 4. The summed E-state index contributed by atoms with van der Waals surface area (Å²) in [4.78, 5) is 0. The van der Waals surface area contributed by atoms with Gasteiger partial charge in [0, 0.05) is 48.9 Å². The van der Waals surface area contributed by atoms with E-state index in [0.717, 1.165) is 12.1 Å². The van der Waals surface area contributed by atoms with Gasteiger partial charge >= 0.3 is 0 Å². The van der Waals surface area contributed by atoms with Gasteiger partial charge in [-0.05, 0) is 25.7 Å². The average Bonchev–Trinajstić information content (AvgIpc) is 3.28. The van der Waals surface area contributed by atoms with Gasteiger partial charge in [-0.2, -0.15) is 0 Å². The zero-order valence-corrected chi connectivity index (χ0v) is 14.7. The molecule has 0 saturated carbocycles. The fourth-order valence-corrected chi connectivity index (χ4v) is 9.78. The lowest BCUT2D eigenvalue weighted by atomic mass is 10.2. The van der Waals surface area contributed by atoms with E-state index in [1.165, 1.54) is 51.9 Å². The van der Waals surface area contributed by atoms with E-state index in [9.17, 15) is 0 Å². The van der Waals surface area contributed by atoms with E-state index < -0.39 is 0 Å². The van der Waals surface area contributed by atoms with Crippen LogP contribution < -0.4 is 20.8 Å². The van der Waals surface area contributed by atoms with Crippen LogP contribution >= 0.6 is 16.4 Å². The van der Waals surface area contributed by atoms with Crippen molar-refractivity contribution in [2.24, 2.45) is 0 Å². The first-order valence-corrected chi connectivity index (χ1v) is 11.2. The van der Waals surface area contributed by atoms with E-state index in [4.69, 9.17) is 0 Å². The number of fused-ring (bicyclic) bond motifs is 2. The molecule has 4 aliphatic heterocycles. The largest absolute Gasteiger partial charge is 0.278 e. The smallest absolute Gasteiger partial charge is 0.0707 e. The Balaban J connectivity index is 1.49. The molecule has 4 nitrogen and oxygen atoms in total. The topological polar surface area (TPSA) is 30.5 Å². The van der Waals surface area contributed by atoms with Crippen LogP contribution in [-0.4, -0.2) is 47.6 Å². The monoisotopic (exact) mass is 334 g/mol. The molecule has 0 spiro atoms. The molecule has 0 aromatic heterocycles. The van der Waals surface area contributed by atoms with E-state index in [-0.39, 0.29) is 16.4 Å². The summed E-state index contributed by atoms with van der Waals surface area (Å²) in [5.41, 5.74) is 0. The molecule has 2 N–H and O–H groups in total. The second-order valence-electron chi connectivity index (χ2n) is 6.76. The molecule has 0 radical (unpaired) electrons. The van der Waals surface area contributed by atoms with Crippen LogP contribution in [0.25, 0.3) is 0 Å². The van der Waals surface area contributed by atoms with Crippen molar-refractivity contribution in [3.63, 3.8) is 0 Å². The predicted octanol–water partition coefficient (Wildman–Crippen LogP) is 1.70. The van der Waals surface area contributed by atoms with E-state index in [1.54, 1.807) is 10.6 Å². The second-order valence-corrected chi connectivity index (χ2v) is 10.6. The lowest BCUT2D eigenvalue weighted by molar-refractivity contribution is 0.464. The Labute approximate surface area is 135 Å². The number of rotatable bonds is 2. The van der Waals surface area contributed by atoms with Gasteiger partial charge in [0.25, 0.3) is 0 Å². The molecule has 1 aromatic carbocycles. The van der Waals surface area contributed by atoms with Gasteiger partial charge in [0.1, 0.15) is 0 Å². The molecule has 22 heavy (non-hydrogen) atoms. The minimum atomic E-state index is -0.303. The van der Waals surface area contributed by atoms with Crippen molar-refractivity contribution in [3.8, 4) is 0 Å². The van der Waals surface area contributed by atoms with Crippen molar-refractivity contribution in [3.05, 3.63) is 24.3 Å². The Kier molecular flexibility index (Phi) is 3.75. The van der Waals surface area contributed by atoms with Crippen LogP contribution in [0, 0.1) is 0 Å². The summed E-state index contributed by atoms with van der Waals surface area (Å²) in [5, 5.41) is 10.9. The number of hydrogen-bond donors (Lipinski definition) is 2. The van der Waals surface area contributed by atoms with Crippen LogP contribution in [0.1, 0.15) is 25.7 Å².